The number of aryl methyl sites for hydroxylation is 3. The van der Waals surface area contributed by atoms with E-state index in [1.54, 1.807) is 26.9 Å². The van der Waals surface area contributed by atoms with E-state index in [9.17, 15) is 4.79 Å². The highest BCUT2D eigenvalue weighted by Crippen LogP contribution is 2.23. The van der Waals surface area contributed by atoms with Gasteiger partial charge in [-0.3, -0.25) is 13.8 Å². The highest BCUT2D eigenvalue weighted by molar-refractivity contribution is 7.98. The average Bonchev–Trinajstić information content (AvgIpc) is 3.08. The van der Waals surface area contributed by atoms with Gasteiger partial charge in [-0.2, -0.15) is 0 Å². The summed E-state index contributed by atoms with van der Waals surface area (Å²) in [5.41, 5.74) is 5.85. The van der Waals surface area contributed by atoms with Crippen LogP contribution in [0.3, 0.4) is 0 Å². The van der Waals surface area contributed by atoms with Gasteiger partial charge in [0.25, 0.3) is 0 Å². The van der Waals surface area contributed by atoms with Crippen molar-refractivity contribution in [3.05, 3.63) is 87.5 Å². The largest absolute Gasteiger partial charge is 0.300 e. The van der Waals surface area contributed by atoms with Crippen LogP contribution >= 0.6 is 11.8 Å². The Morgan fingerprint density at radius 2 is 1.74 bits per heavy atom. The zero-order valence-corrected chi connectivity index (χ0v) is 16.3. The molecule has 2 aromatic carbocycles. The van der Waals surface area contributed by atoms with Crippen molar-refractivity contribution in [1.29, 1.82) is 0 Å². The van der Waals surface area contributed by atoms with E-state index in [2.05, 4.69) is 36.2 Å². The summed E-state index contributed by atoms with van der Waals surface area (Å²) in [6.45, 7) is 6.20. The minimum absolute atomic E-state index is 0.170. The summed E-state index contributed by atoms with van der Waals surface area (Å²) in [5, 5.41) is 9.09. The number of rotatable bonds is 4. The number of aromatic nitrogens is 4. The van der Waals surface area contributed by atoms with Gasteiger partial charge in [-0.05, 0) is 55.2 Å². The molecule has 2 aromatic heterocycles. The lowest BCUT2D eigenvalue weighted by atomic mass is 10.1. The maximum absolute atomic E-state index is 12.9. The minimum atomic E-state index is -0.170. The van der Waals surface area contributed by atoms with Crippen molar-refractivity contribution in [2.45, 2.75) is 31.7 Å². The summed E-state index contributed by atoms with van der Waals surface area (Å²) in [6.07, 6.45) is 3.63. The van der Waals surface area contributed by atoms with Crippen molar-refractivity contribution in [3.63, 3.8) is 0 Å². The van der Waals surface area contributed by atoms with E-state index in [0.29, 0.717) is 5.65 Å². The van der Waals surface area contributed by atoms with Gasteiger partial charge in [-0.1, -0.05) is 42.1 Å². The Balaban J connectivity index is 1.68. The number of hydrogen-bond acceptors (Lipinski definition) is 4. The molecule has 0 aliphatic rings. The Bertz CT molecular complexity index is 1190. The van der Waals surface area contributed by atoms with Crippen molar-refractivity contribution in [2.75, 3.05) is 0 Å². The normalized spacial score (nSPS) is 11.2. The quantitative estimate of drug-likeness (QED) is 0.503. The molecule has 0 unspecified atom stereocenters. The van der Waals surface area contributed by atoms with Crippen molar-refractivity contribution >= 4 is 17.4 Å². The van der Waals surface area contributed by atoms with E-state index >= 15 is 0 Å². The van der Waals surface area contributed by atoms with E-state index in [1.807, 2.05) is 43.5 Å². The first-order valence-corrected chi connectivity index (χ1v) is 9.74. The van der Waals surface area contributed by atoms with Crippen LogP contribution in [-0.2, 0) is 5.75 Å². The number of benzene rings is 2. The lowest BCUT2D eigenvalue weighted by Gasteiger charge is -2.09. The number of fused-ring (bicyclic) bond motifs is 1. The first-order valence-electron chi connectivity index (χ1n) is 8.76. The van der Waals surface area contributed by atoms with Gasteiger partial charge in [0, 0.05) is 23.8 Å². The molecule has 0 radical (unpaired) electrons. The molecule has 0 atom stereocenters. The highest BCUT2D eigenvalue weighted by Gasteiger charge is 2.13. The van der Waals surface area contributed by atoms with Gasteiger partial charge >= 0.3 is 5.56 Å². The fraction of sp³-hybridized carbons (Fsp3) is 0.190. The van der Waals surface area contributed by atoms with Crippen LogP contribution in [0.2, 0.25) is 0 Å². The lowest BCUT2D eigenvalue weighted by molar-refractivity contribution is 0.892. The number of nitrogens with zero attached hydrogens (tertiary/aromatic N) is 4. The average molecular weight is 376 g/mol. The third-order valence-corrected chi connectivity index (χ3v) is 5.82. The van der Waals surface area contributed by atoms with Gasteiger partial charge < -0.3 is 0 Å². The van der Waals surface area contributed by atoms with Crippen molar-refractivity contribution in [2.24, 2.45) is 0 Å². The van der Waals surface area contributed by atoms with E-state index in [4.69, 9.17) is 0 Å². The number of hydrogen-bond donors (Lipinski definition) is 0. The standard InChI is InChI=1S/C21H20N4OS/c1-14-8-9-18(12-16(14)3)24-10-11-25-19(20(24)26)22-23-21(25)27-13-17-7-5-4-6-15(17)2/h4-12H,13H2,1-3H3. The molecule has 0 fully saturated rings. The van der Waals surface area contributed by atoms with Gasteiger partial charge in [0.2, 0.25) is 5.65 Å². The summed E-state index contributed by atoms with van der Waals surface area (Å²) in [6, 6.07) is 14.3. The first-order chi connectivity index (χ1) is 13.0. The molecular weight excluding hydrogens is 356 g/mol. The molecule has 6 heteroatoms. The molecule has 0 N–H and O–H groups in total. The van der Waals surface area contributed by atoms with Crippen LogP contribution in [0.1, 0.15) is 22.3 Å². The first kappa shape index (κ1) is 17.5. The monoisotopic (exact) mass is 376 g/mol. The molecule has 5 nitrogen and oxygen atoms in total. The van der Waals surface area contributed by atoms with Gasteiger partial charge in [0.1, 0.15) is 0 Å². The minimum Gasteiger partial charge on any atom is -0.280 e. The second-order valence-corrected chi connectivity index (χ2v) is 7.58. The van der Waals surface area contributed by atoms with Crippen LogP contribution in [0.4, 0.5) is 0 Å². The molecule has 4 rings (SSSR count). The van der Waals surface area contributed by atoms with Crippen molar-refractivity contribution < 1.29 is 0 Å². The second kappa shape index (κ2) is 7.04. The summed E-state index contributed by atoms with van der Waals surface area (Å²) >= 11 is 1.58. The molecule has 0 aliphatic heterocycles. The molecular formula is C21H20N4OS. The summed E-state index contributed by atoms with van der Waals surface area (Å²) in [4.78, 5) is 12.9. The van der Waals surface area contributed by atoms with Crippen LogP contribution < -0.4 is 5.56 Å². The van der Waals surface area contributed by atoms with E-state index in [0.717, 1.165) is 22.2 Å². The summed E-state index contributed by atoms with van der Waals surface area (Å²) in [7, 11) is 0. The molecule has 4 aromatic rings. The van der Waals surface area contributed by atoms with E-state index in [1.165, 1.54) is 16.7 Å². The van der Waals surface area contributed by atoms with Crippen LogP contribution in [0.5, 0.6) is 0 Å². The van der Waals surface area contributed by atoms with Gasteiger partial charge in [-0.25, -0.2) is 0 Å². The maximum Gasteiger partial charge on any atom is 0.300 e. The predicted molar refractivity (Wildman–Crippen MR) is 109 cm³/mol. The lowest BCUT2D eigenvalue weighted by Crippen LogP contribution is -2.20. The fourth-order valence-corrected chi connectivity index (χ4v) is 3.95. The molecule has 0 aliphatic carbocycles. The molecule has 0 spiro atoms. The summed E-state index contributed by atoms with van der Waals surface area (Å²) in [5.74, 6) is 0.785. The van der Waals surface area contributed by atoms with E-state index in [-0.39, 0.29) is 5.56 Å². The molecule has 0 saturated heterocycles. The van der Waals surface area contributed by atoms with Gasteiger partial charge in [0.05, 0.1) is 0 Å². The Morgan fingerprint density at radius 1 is 0.926 bits per heavy atom. The van der Waals surface area contributed by atoms with Crippen molar-refractivity contribution in [3.8, 4) is 5.69 Å². The van der Waals surface area contributed by atoms with Gasteiger partial charge in [-0.15, -0.1) is 10.2 Å². The molecule has 0 saturated carbocycles. The Kier molecular flexibility index (Phi) is 4.58. The van der Waals surface area contributed by atoms with E-state index < -0.39 is 0 Å². The predicted octanol–water partition coefficient (Wildman–Crippen LogP) is 4.10. The Morgan fingerprint density at radius 3 is 2.52 bits per heavy atom. The van der Waals surface area contributed by atoms with Crippen LogP contribution in [0.25, 0.3) is 11.3 Å². The third-order valence-electron chi connectivity index (χ3n) is 4.83. The molecule has 136 valence electrons. The van der Waals surface area contributed by atoms with Crippen LogP contribution in [0, 0.1) is 20.8 Å². The smallest absolute Gasteiger partial charge is 0.280 e. The third kappa shape index (κ3) is 3.28. The Hall–Kier alpha value is -2.86. The fourth-order valence-electron chi connectivity index (χ4n) is 2.96. The molecule has 2 heterocycles. The Labute approximate surface area is 161 Å². The molecule has 0 amide bonds. The SMILES string of the molecule is Cc1ccc(-n2ccn3c(SCc4ccccc4C)nnc3c2=O)cc1C. The maximum atomic E-state index is 12.9. The van der Waals surface area contributed by atoms with Gasteiger partial charge in [0.15, 0.2) is 5.16 Å². The summed E-state index contributed by atoms with van der Waals surface area (Å²) < 4.78 is 3.38. The topological polar surface area (TPSA) is 52.2 Å². The number of thioether (sulfide) groups is 1. The zero-order valence-electron chi connectivity index (χ0n) is 15.5. The van der Waals surface area contributed by atoms with Crippen molar-refractivity contribution in [1.82, 2.24) is 19.2 Å². The molecule has 27 heavy (non-hydrogen) atoms. The highest BCUT2D eigenvalue weighted by atomic mass is 32.2. The molecule has 0 bridgehead atoms. The second-order valence-electron chi connectivity index (χ2n) is 6.63. The van der Waals surface area contributed by atoms with Crippen LogP contribution in [-0.4, -0.2) is 19.2 Å². The zero-order chi connectivity index (χ0) is 19.0. The van der Waals surface area contributed by atoms with Crippen LogP contribution in [0.15, 0.2) is 64.8 Å².